The summed E-state index contributed by atoms with van der Waals surface area (Å²) in [5.74, 6) is 0.0485. The fraction of sp³-hybridized carbons (Fsp3) is 0.636. The third-order valence-corrected chi connectivity index (χ3v) is 10.5. The highest BCUT2D eigenvalue weighted by molar-refractivity contribution is 6.76. The van der Waals surface area contributed by atoms with E-state index in [1.165, 1.54) is 6.08 Å². The lowest BCUT2D eigenvalue weighted by Gasteiger charge is -2.25. The number of allylic oxidation sites excluding steroid dienone is 1. The van der Waals surface area contributed by atoms with Gasteiger partial charge in [0, 0.05) is 45.3 Å². The summed E-state index contributed by atoms with van der Waals surface area (Å²) in [5, 5.41) is 0. The first-order chi connectivity index (χ1) is 14.6. The summed E-state index contributed by atoms with van der Waals surface area (Å²) in [4.78, 5) is 30.5. The standard InChI is InChI=1S/C12H13N3O2.C10H24O2Si2/c16-9-7-8(13-1-2-13)12(17)11(15-5-6-15)10(9)14-3-4-14;1-7-8-13(11-9-10(2)3)12-14(4,5)6/h7H,1-6H2;13H,2,7-9H2,1,3-6H3. The third kappa shape index (κ3) is 7.16. The number of rotatable bonds is 10. The molecule has 0 aromatic carbocycles. The Bertz CT molecular complexity index is 791. The molecule has 1 unspecified atom stereocenters. The van der Waals surface area contributed by atoms with Gasteiger partial charge >= 0.3 is 9.28 Å². The zero-order valence-corrected chi connectivity index (χ0v) is 21.9. The lowest BCUT2D eigenvalue weighted by atomic mass is 10.0. The van der Waals surface area contributed by atoms with Crippen molar-refractivity contribution in [2.75, 3.05) is 45.9 Å². The Morgan fingerprint density at radius 1 is 1.03 bits per heavy atom. The van der Waals surface area contributed by atoms with Gasteiger partial charge in [0.15, 0.2) is 8.32 Å². The topological polar surface area (TPSA) is 61.6 Å². The van der Waals surface area contributed by atoms with E-state index in [1.54, 1.807) is 0 Å². The van der Waals surface area contributed by atoms with E-state index in [2.05, 4.69) is 33.1 Å². The fourth-order valence-corrected chi connectivity index (χ4v) is 8.32. The Balaban J connectivity index is 0.000000181. The molecule has 1 aliphatic carbocycles. The molecule has 172 valence electrons. The number of hydrogen-bond donors (Lipinski definition) is 0. The van der Waals surface area contributed by atoms with Crippen LogP contribution in [0, 0.1) is 0 Å². The van der Waals surface area contributed by atoms with E-state index in [0.717, 1.165) is 57.3 Å². The fourth-order valence-electron chi connectivity index (χ4n) is 3.32. The third-order valence-electron chi connectivity index (χ3n) is 5.01. The largest absolute Gasteiger partial charge is 0.438 e. The summed E-state index contributed by atoms with van der Waals surface area (Å²) < 4.78 is 11.8. The van der Waals surface area contributed by atoms with E-state index in [-0.39, 0.29) is 11.6 Å². The first kappa shape index (κ1) is 24.0. The van der Waals surface area contributed by atoms with Crippen molar-refractivity contribution in [2.24, 2.45) is 0 Å². The smallest absolute Gasteiger partial charge is 0.311 e. The minimum Gasteiger partial charge on any atom is -0.438 e. The Morgan fingerprint density at radius 3 is 2.03 bits per heavy atom. The van der Waals surface area contributed by atoms with Crippen molar-refractivity contribution in [3.05, 3.63) is 35.3 Å². The predicted molar refractivity (Wildman–Crippen MR) is 127 cm³/mol. The Kier molecular flexibility index (Phi) is 7.61. The number of hydrogen-bond acceptors (Lipinski definition) is 7. The number of ketones is 2. The summed E-state index contributed by atoms with van der Waals surface area (Å²) in [7, 11) is -2.84. The second kappa shape index (κ2) is 9.85. The molecular formula is C22H37N3O4Si2. The molecule has 1 atom stereocenters. The van der Waals surface area contributed by atoms with Crippen LogP contribution in [0.2, 0.25) is 25.7 Å². The Morgan fingerprint density at radius 2 is 1.58 bits per heavy atom. The molecule has 3 heterocycles. The maximum atomic E-state index is 12.4. The van der Waals surface area contributed by atoms with Crippen molar-refractivity contribution in [2.45, 2.75) is 46.0 Å². The zero-order valence-electron chi connectivity index (χ0n) is 19.7. The molecule has 0 aromatic heterocycles. The summed E-state index contributed by atoms with van der Waals surface area (Å²) in [6.07, 6.45) is 2.67. The molecule has 0 bridgehead atoms. The lowest BCUT2D eigenvalue weighted by molar-refractivity contribution is -0.117. The maximum Gasteiger partial charge on any atom is 0.311 e. The monoisotopic (exact) mass is 463 g/mol. The van der Waals surface area contributed by atoms with Gasteiger partial charge in [-0.2, -0.15) is 0 Å². The van der Waals surface area contributed by atoms with E-state index in [4.69, 9.17) is 8.54 Å². The highest BCUT2D eigenvalue weighted by atomic mass is 28.4. The molecular weight excluding hydrogens is 426 g/mol. The molecule has 7 nitrogen and oxygen atoms in total. The maximum absolute atomic E-state index is 12.4. The van der Waals surface area contributed by atoms with Crippen LogP contribution in [0.15, 0.2) is 35.3 Å². The van der Waals surface area contributed by atoms with Crippen molar-refractivity contribution in [1.29, 1.82) is 0 Å². The minimum absolute atomic E-state index is 0.00546. The van der Waals surface area contributed by atoms with Crippen LogP contribution < -0.4 is 0 Å². The van der Waals surface area contributed by atoms with E-state index in [9.17, 15) is 9.59 Å². The highest BCUT2D eigenvalue weighted by Gasteiger charge is 2.43. The average Bonchev–Trinajstić information content (AvgIpc) is 3.54. The van der Waals surface area contributed by atoms with E-state index in [1.807, 2.05) is 21.6 Å². The molecule has 0 amide bonds. The Hall–Kier alpha value is -1.69. The van der Waals surface area contributed by atoms with Crippen LogP contribution in [0.3, 0.4) is 0 Å². The van der Waals surface area contributed by atoms with E-state index >= 15 is 0 Å². The van der Waals surface area contributed by atoms with Crippen LogP contribution in [-0.2, 0) is 18.1 Å². The molecule has 4 rings (SSSR count). The van der Waals surface area contributed by atoms with Crippen LogP contribution in [-0.4, -0.2) is 89.7 Å². The molecule has 0 spiro atoms. The summed E-state index contributed by atoms with van der Waals surface area (Å²) in [6.45, 7) is 20.7. The van der Waals surface area contributed by atoms with Crippen LogP contribution in [0.4, 0.5) is 0 Å². The van der Waals surface area contributed by atoms with Gasteiger partial charge < -0.3 is 23.2 Å². The van der Waals surface area contributed by atoms with Gasteiger partial charge in [-0.3, -0.25) is 9.59 Å². The molecule has 4 aliphatic rings. The van der Waals surface area contributed by atoms with E-state index < -0.39 is 17.6 Å². The van der Waals surface area contributed by atoms with Crippen LogP contribution in [0.5, 0.6) is 0 Å². The van der Waals surface area contributed by atoms with Crippen LogP contribution in [0.1, 0.15) is 20.3 Å². The molecule has 9 heteroatoms. The molecule has 0 aromatic rings. The van der Waals surface area contributed by atoms with Gasteiger partial charge in [-0.05, 0) is 32.6 Å². The minimum atomic E-state index is -1.42. The van der Waals surface area contributed by atoms with Crippen molar-refractivity contribution >= 4 is 29.2 Å². The van der Waals surface area contributed by atoms with Gasteiger partial charge in [0.2, 0.25) is 11.6 Å². The van der Waals surface area contributed by atoms with Gasteiger partial charge in [-0.25, -0.2) is 0 Å². The summed E-state index contributed by atoms with van der Waals surface area (Å²) in [5.41, 5.74) is 2.97. The van der Waals surface area contributed by atoms with Crippen molar-refractivity contribution in [3.8, 4) is 0 Å². The predicted octanol–water partition coefficient (Wildman–Crippen LogP) is 2.24. The van der Waals surface area contributed by atoms with Crippen LogP contribution in [0.25, 0.3) is 0 Å². The molecule has 0 N–H and O–H groups in total. The van der Waals surface area contributed by atoms with Gasteiger partial charge in [0.25, 0.3) is 0 Å². The number of carbonyl (C=O) groups excluding carboxylic acids is 2. The number of carbonyl (C=O) groups is 2. The van der Waals surface area contributed by atoms with Crippen LogP contribution >= 0.6 is 0 Å². The normalized spacial score (nSPS) is 20.9. The average molecular weight is 464 g/mol. The second-order valence-electron chi connectivity index (χ2n) is 9.60. The van der Waals surface area contributed by atoms with E-state index in [0.29, 0.717) is 23.7 Å². The van der Waals surface area contributed by atoms with Crippen molar-refractivity contribution < 1.29 is 18.1 Å². The molecule has 31 heavy (non-hydrogen) atoms. The zero-order chi connectivity index (χ0) is 22.8. The van der Waals surface area contributed by atoms with Gasteiger partial charge in [-0.1, -0.05) is 25.5 Å². The van der Waals surface area contributed by atoms with Crippen molar-refractivity contribution in [1.82, 2.24) is 14.7 Å². The van der Waals surface area contributed by atoms with Crippen molar-refractivity contribution in [3.63, 3.8) is 0 Å². The Labute approximate surface area is 189 Å². The van der Waals surface area contributed by atoms with Gasteiger partial charge in [0.05, 0.1) is 12.3 Å². The molecule has 0 saturated carbocycles. The molecule has 3 fully saturated rings. The highest BCUT2D eigenvalue weighted by Crippen LogP contribution is 2.33. The first-order valence-electron chi connectivity index (χ1n) is 11.3. The second-order valence-corrected chi connectivity index (χ2v) is 16.5. The lowest BCUT2D eigenvalue weighted by Crippen LogP contribution is -2.37. The van der Waals surface area contributed by atoms with Gasteiger partial charge in [0.1, 0.15) is 11.4 Å². The SMILES string of the molecule is C=C(C)CO[SiH](CCC)O[Si](C)(C)C.O=C1C=C(N2CC2)C(=O)C(N2CC2)=C1N1CC1. The molecule has 0 radical (unpaired) electrons. The first-order valence-corrected chi connectivity index (χ1v) is 16.5. The quantitative estimate of drug-likeness (QED) is 0.213. The number of Topliss-reactive ketones (excluding diaryl/α,β-unsaturated/α-hetero) is 1. The number of nitrogens with zero attached hydrogens (tertiary/aromatic N) is 3. The molecule has 3 saturated heterocycles. The van der Waals surface area contributed by atoms with Gasteiger partial charge in [-0.15, -0.1) is 0 Å². The summed E-state index contributed by atoms with van der Waals surface area (Å²) >= 11 is 0. The summed E-state index contributed by atoms with van der Waals surface area (Å²) in [6, 6.07) is 1.11. The molecule has 3 aliphatic heterocycles.